The zero-order chi connectivity index (χ0) is 15.0. The van der Waals surface area contributed by atoms with E-state index in [2.05, 4.69) is 10.6 Å². The van der Waals surface area contributed by atoms with Crippen LogP contribution in [0.15, 0.2) is 0 Å². The first kappa shape index (κ1) is 15.5. The summed E-state index contributed by atoms with van der Waals surface area (Å²) in [4.78, 5) is 34.6. The Morgan fingerprint density at radius 2 is 1.58 bits per heavy atom. The summed E-state index contributed by atoms with van der Waals surface area (Å²) in [7, 11) is 0. The van der Waals surface area contributed by atoms with E-state index in [0.717, 1.165) is 0 Å². The molecule has 1 aliphatic carbocycles. The molecule has 6 nitrogen and oxygen atoms in total. The highest BCUT2D eigenvalue weighted by Gasteiger charge is 2.66. The average Bonchev–Trinajstić information content (AvgIpc) is 2.80. The lowest BCUT2D eigenvalue weighted by Gasteiger charge is -2.16. The van der Waals surface area contributed by atoms with Crippen molar-refractivity contribution < 1.29 is 19.5 Å². The van der Waals surface area contributed by atoms with Gasteiger partial charge < -0.3 is 15.7 Å². The minimum absolute atomic E-state index is 0.00372. The van der Waals surface area contributed by atoms with E-state index >= 15 is 0 Å². The third-order valence-electron chi connectivity index (χ3n) is 3.56. The molecule has 0 saturated heterocycles. The van der Waals surface area contributed by atoms with Crippen LogP contribution in [0.25, 0.3) is 0 Å². The Balaban J connectivity index is 2.57. The number of nitrogens with one attached hydrogen (secondary N) is 2. The SMILES string of the molecule is CC(C)NC(=O)C(C)NC(=O)C1C(C(=O)O)C1(C)C. The van der Waals surface area contributed by atoms with Crippen LogP contribution >= 0.6 is 0 Å². The van der Waals surface area contributed by atoms with E-state index in [1.54, 1.807) is 20.8 Å². The molecule has 0 aromatic carbocycles. The fourth-order valence-corrected chi connectivity index (χ4v) is 2.37. The Hall–Kier alpha value is -1.59. The third-order valence-corrected chi connectivity index (χ3v) is 3.56. The summed E-state index contributed by atoms with van der Waals surface area (Å²) in [6.07, 6.45) is 0. The Bertz CT molecular complexity index is 403. The average molecular weight is 270 g/mol. The standard InChI is InChI=1S/C13H22N2O4/c1-6(2)14-10(16)7(3)15-11(17)8-9(12(18)19)13(8,4)5/h6-9H,1-5H3,(H,14,16)(H,15,17)(H,18,19). The Morgan fingerprint density at radius 3 is 1.95 bits per heavy atom. The summed E-state index contributed by atoms with van der Waals surface area (Å²) >= 11 is 0. The van der Waals surface area contributed by atoms with E-state index in [-0.39, 0.29) is 17.9 Å². The molecule has 0 bridgehead atoms. The summed E-state index contributed by atoms with van der Waals surface area (Å²) in [5.74, 6) is -2.85. The minimum Gasteiger partial charge on any atom is -0.481 e. The maximum Gasteiger partial charge on any atom is 0.307 e. The highest BCUT2D eigenvalue weighted by atomic mass is 16.4. The van der Waals surface area contributed by atoms with Crippen molar-refractivity contribution in [2.75, 3.05) is 0 Å². The number of hydrogen-bond acceptors (Lipinski definition) is 3. The molecule has 3 unspecified atom stereocenters. The van der Waals surface area contributed by atoms with E-state index < -0.39 is 29.3 Å². The number of carboxylic acids is 1. The summed E-state index contributed by atoms with van der Waals surface area (Å²) in [6.45, 7) is 8.73. The van der Waals surface area contributed by atoms with E-state index in [1.165, 1.54) is 0 Å². The van der Waals surface area contributed by atoms with Crippen molar-refractivity contribution in [2.45, 2.75) is 46.7 Å². The number of hydrogen-bond donors (Lipinski definition) is 3. The molecule has 0 aromatic rings. The second-order valence-electron chi connectivity index (χ2n) is 6.01. The smallest absolute Gasteiger partial charge is 0.307 e. The first-order chi connectivity index (χ1) is 8.59. The Morgan fingerprint density at radius 1 is 1.05 bits per heavy atom. The van der Waals surface area contributed by atoms with Crippen LogP contribution < -0.4 is 10.6 Å². The van der Waals surface area contributed by atoms with Crippen LogP contribution in [0.2, 0.25) is 0 Å². The summed E-state index contributed by atoms with van der Waals surface area (Å²) in [5, 5.41) is 14.3. The molecule has 108 valence electrons. The monoisotopic (exact) mass is 270 g/mol. The van der Waals surface area contributed by atoms with Crippen LogP contribution in [-0.4, -0.2) is 35.0 Å². The number of carbonyl (C=O) groups is 3. The van der Waals surface area contributed by atoms with Crippen LogP contribution in [-0.2, 0) is 14.4 Å². The molecule has 1 aliphatic rings. The third kappa shape index (κ3) is 3.24. The van der Waals surface area contributed by atoms with Crippen molar-refractivity contribution >= 4 is 17.8 Å². The zero-order valence-corrected chi connectivity index (χ0v) is 12.0. The number of carboxylic acid groups (broad SMARTS) is 1. The molecule has 2 amide bonds. The predicted molar refractivity (Wildman–Crippen MR) is 69.3 cm³/mol. The maximum absolute atomic E-state index is 12.0. The largest absolute Gasteiger partial charge is 0.481 e. The normalized spacial score (nSPS) is 25.6. The molecular formula is C13H22N2O4. The molecule has 0 radical (unpaired) electrons. The second kappa shape index (κ2) is 5.19. The van der Waals surface area contributed by atoms with Crippen molar-refractivity contribution in [2.24, 2.45) is 17.3 Å². The summed E-state index contributed by atoms with van der Waals surface area (Å²) < 4.78 is 0. The Kier molecular flexibility index (Phi) is 4.22. The number of amides is 2. The number of aliphatic carboxylic acids is 1. The fraction of sp³-hybridized carbons (Fsp3) is 0.769. The van der Waals surface area contributed by atoms with Crippen molar-refractivity contribution in [3.05, 3.63) is 0 Å². The van der Waals surface area contributed by atoms with Crippen LogP contribution in [0, 0.1) is 17.3 Å². The van der Waals surface area contributed by atoms with E-state index in [0.29, 0.717) is 0 Å². The lowest BCUT2D eigenvalue weighted by molar-refractivity contribution is -0.140. The predicted octanol–water partition coefficient (Wildman–Crippen LogP) is 0.372. The van der Waals surface area contributed by atoms with Gasteiger partial charge in [0, 0.05) is 6.04 Å². The molecular weight excluding hydrogens is 248 g/mol. The second-order valence-corrected chi connectivity index (χ2v) is 6.01. The van der Waals surface area contributed by atoms with E-state index in [1.807, 2.05) is 13.8 Å². The van der Waals surface area contributed by atoms with E-state index in [9.17, 15) is 14.4 Å². The van der Waals surface area contributed by atoms with Gasteiger partial charge in [-0.05, 0) is 26.2 Å². The van der Waals surface area contributed by atoms with Gasteiger partial charge in [-0.2, -0.15) is 0 Å². The molecule has 19 heavy (non-hydrogen) atoms. The molecule has 1 saturated carbocycles. The van der Waals surface area contributed by atoms with E-state index in [4.69, 9.17) is 5.11 Å². The van der Waals surface area contributed by atoms with Gasteiger partial charge in [-0.15, -0.1) is 0 Å². The molecule has 1 rings (SSSR count). The van der Waals surface area contributed by atoms with Crippen molar-refractivity contribution in [3.63, 3.8) is 0 Å². The van der Waals surface area contributed by atoms with Crippen molar-refractivity contribution in [1.29, 1.82) is 0 Å². The number of rotatable bonds is 5. The van der Waals surface area contributed by atoms with Gasteiger partial charge in [-0.25, -0.2) is 0 Å². The molecule has 6 heteroatoms. The first-order valence-corrected chi connectivity index (χ1v) is 6.42. The minimum atomic E-state index is -0.968. The zero-order valence-electron chi connectivity index (χ0n) is 12.0. The van der Waals surface area contributed by atoms with Crippen LogP contribution in [0.1, 0.15) is 34.6 Å². The molecule has 0 aromatic heterocycles. The molecule has 3 N–H and O–H groups in total. The lowest BCUT2D eigenvalue weighted by Crippen LogP contribution is -2.47. The van der Waals surface area contributed by atoms with Crippen molar-refractivity contribution in [1.82, 2.24) is 10.6 Å². The lowest BCUT2D eigenvalue weighted by atomic mass is 10.1. The molecule has 0 spiro atoms. The quantitative estimate of drug-likeness (QED) is 0.672. The molecule has 0 heterocycles. The highest BCUT2D eigenvalue weighted by molar-refractivity contribution is 5.94. The first-order valence-electron chi connectivity index (χ1n) is 6.42. The topological polar surface area (TPSA) is 95.5 Å². The molecule has 3 atom stereocenters. The van der Waals surface area contributed by atoms with Gasteiger partial charge in [0.05, 0.1) is 11.8 Å². The number of carbonyl (C=O) groups excluding carboxylic acids is 2. The van der Waals surface area contributed by atoms with Crippen LogP contribution in [0.3, 0.4) is 0 Å². The van der Waals surface area contributed by atoms with Gasteiger partial charge in [0.25, 0.3) is 0 Å². The fourth-order valence-electron chi connectivity index (χ4n) is 2.37. The van der Waals surface area contributed by atoms with Gasteiger partial charge in [-0.3, -0.25) is 14.4 Å². The maximum atomic E-state index is 12.0. The van der Waals surface area contributed by atoms with Gasteiger partial charge in [0.1, 0.15) is 6.04 Å². The van der Waals surface area contributed by atoms with Crippen molar-refractivity contribution in [3.8, 4) is 0 Å². The summed E-state index contributed by atoms with van der Waals surface area (Å²) in [5.41, 5.74) is -0.551. The molecule has 1 fully saturated rings. The Labute approximate surface area is 112 Å². The van der Waals surface area contributed by atoms with Gasteiger partial charge in [0.15, 0.2) is 0 Å². The summed E-state index contributed by atoms with van der Waals surface area (Å²) in [6, 6.07) is -0.670. The van der Waals surface area contributed by atoms with Gasteiger partial charge in [0.2, 0.25) is 11.8 Å². The van der Waals surface area contributed by atoms with Crippen LogP contribution in [0.5, 0.6) is 0 Å². The highest BCUT2D eigenvalue weighted by Crippen LogP contribution is 2.58. The van der Waals surface area contributed by atoms with Crippen LogP contribution in [0.4, 0.5) is 0 Å². The van der Waals surface area contributed by atoms with Gasteiger partial charge >= 0.3 is 5.97 Å². The molecule has 0 aliphatic heterocycles. The van der Waals surface area contributed by atoms with Gasteiger partial charge in [-0.1, -0.05) is 13.8 Å².